The Balaban J connectivity index is 1.53. The van der Waals surface area contributed by atoms with Crippen molar-refractivity contribution < 1.29 is 9.32 Å². The quantitative estimate of drug-likeness (QED) is 0.736. The second-order valence-electron chi connectivity index (χ2n) is 5.65. The molecule has 0 aromatic carbocycles. The number of fused-ring (bicyclic) bond motifs is 1. The maximum atomic E-state index is 11.5. The summed E-state index contributed by atoms with van der Waals surface area (Å²) in [6.07, 6.45) is 4.23. The van der Waals surface area contributed by atoms with Gasteiger partial charge in [-0.3, -0.25) is 10.1 Å². The summed E-state index contributed by atoms with van der Waals surface area (Å²) in [6.45, 7) is 0.810. The van der Waals surface area contributed by atoms with Gasteiger partial charge in [0.25, 0.3) is 0 Å². The first kappa shape index (κ1) is 13.9. The molecule has 1 unspecified atom stereocenters. The number of pyridine rings is 1. The molecule has 3 aromatic heterocycles. The summed E-state index contributed by atoms with van der Waals surface area (Å²) in [5, 5.41) is 8.22. The van der Waals surface area contributed by atoms with E-state index in [1.54, 1.807) is 18.1 Å². The highest BCUT2D eigenvalue weighted by Crippen LogP contribution is 2.20. The van der Waals surface area contributed by atoms with E-state index >= 15 is 0 Å². The summed E-state index contributed by atoms with van der Waals surface area (Å²) in [5.41, 5.74) is 1.92. The largest absolute Gasteiger partial charge is 0.346 e. The van der Waals surface area contributed by atoms with E-state index in [1.165, 1.54) is 0 Å². The molecule has 118 valence electrons. The second-order valence-corrected chi connectivity index (χ2v) is 5.65. The maximum Gasteiger partial charge on any atom is 0.245 e. The number of aromatic amines is 1. The molecule has 1 fully saturated rings. The van der Waals surface area contributed by atoms with Crippen LogP contribution in [-0.4, -0.2) is 51.1 Å². The number of aromatic nitrogens is 4. The molecular formula is C15H16N6O2. The Morgan fingerprint density at radius 2 is 2.39 bits per heavy atom. The molecule has 0 spiro atoms. The minimum absolute atomic E-state index is 0.0623. The first-order valence-corrected chi connectivity index (χ1v) is 7.41. The molecule has 8 nitrogen and oxygen atoms in total. The van der Waals surface area contributed by atoms with Gasteiger partial charge in [-0.25, -0.2) is 4.98 Å². The van der Waals surface area contributed by atoms with Crippen LogP contribution >= 0.6 is 0 Å². The van der Waals surface area contributed by atoms with Gasteiger partial charge in [-0.05, 0) is 17.7 Å². The van der Waals surface area contributed by atoms with Crippen molar-refractivity contribution in [3.05, 3.63) is 41.8 Å². The second kappa shape index (κ2) is 5.47. The van der Waals surface area contributed by atoms with Gasteiger partial charge in [-0.15, -0.1) is 0 Å². The minimum Gasteiger partial charge on any atom is -0.346 e. The molecule has 0 bridgehead atoms. The van der Waals surface area contributed by atoms with Crippen LogP contribution in [0.1, 0.15) is 23.3 Å². The van der Waals surface area contributed by atoms with Gasteiger partial charge >= 0.3 is 0 Å². The van der Waals surface area contributed by atoms with E-state index in [0.29, 0.717) is 24.7 Å². The molecule has 2 N–H and O–H groups in total. The third-order valence-corrected chi connectivity index (χ3v) is 4.05. The third kappa shape index (κ3) is 2.57. The van der Waals surface area contributed by atoms with Crippen LogP contribution in [0.25, 0.3) is 11.0 Å². The first-order valence-electron chi connectivity index (χ1n) is 7.41. The Hall–Kier alpha value is -2.74. The SMILES string of the molecule is CN1CC(c2nc(Cc3c[nH]c4ncccc34)no2)NCC1=O. The number of H-pyrrole nitrogens is 1. The molecule has 1 atom stereocenters. The number of rotatable bonds is 3. The molecule has 0 radical (unpaired) electrons. The average molecular weight is 312 g/mol. The van der Waals surface area contributed by atoms with E-state index in [1.807, 2.05) is 18.3 Å². The highest BCUT2D eigenvalue weighted by Gasteiger charge is 2.27. The molecule has 8 heteroatoms. The monoisotopic (exact) mass is 312 g/mol. The van der Waals surface area contributed by atoms with Gasteiger partial charge in [0.1, 0.15) is 11.7 Å². The molecular weight excluding hydrogens is 296 g/mol. The number of carbonyl (C=O) groups excluding carboxylic acids is 1. The van der Waals surface area contributed by atoms with Crippen LogP contribution in [0.15, 0.2) is 29.0 Å². The Labute approximate surface area is 131 Å². The van der Waals surface area contributed by atoms with E-state index in [9.17, 15) is 4.79 Å². The van der Waals surface area contributed by atoms with Crippen molar-refractivity contribution in [2.45, 2.75) is 12.5 Å². The lowest BCUT2D eigenvalue weighted by atomic mass is 10.1. The fourth-order valence-corrected chi connectivity index (χ4v) is 2.76. The van der Waals surface area contributed by atoms with Gasteiger partial charge in [0.2, 0.25) is 11.8 Å². The normalized spacial score (nSPS) is 18.7. The van der Waals surface area contributed by atoms with Gasteiger partial charge in [0, 0.05) is 37.8 Å². The zero-order valence-corrected chi connectivity index (χ0v) is 12.6. The van der Waals surface area contributed by atoms with Crippen molar-refractivity contribution in [3.8, 4) is 0 Å². The van der Waals surface area contributed by atoms with E-state index in [-0.39, 0.29) is 18.5 Å². The van der Waals surface area contributed by atoms with Crippen molar-refractivity contribution in [1.82, 2.24) is 30.3 Å². The summed E-state index contributed by atoms with van der Waals surface area (Å²) >= 11 is 0. The summed E-state index contributed by atoms with van der Waals surface area (Å²) in [7, 11) is 1.77. The smallest absolute Gasteiger partial charge is 0.245 e. The fraction of sp³-hybridized carbons (Fsp3) is 0.333. The molecule has 0 saturated carbocycles. The maximum absolute atomic E-state index is 11.5. The van der Waals surface area contributed by atoms with Gasteiger partial charge < -0.3 is 14.4 Å². The summed E-state index contributed by atoms with van der Waals surface area (Å²) in [4.78, 5) is 25.0. The molecule has 1 aliphatic heterocycles. The third-order valence-electron chi connectivity index (χ3n) is 4.05. The Morgan fingerprint density at radius 3 is 3.26 bits per heavy atom. The Morgan fingerprint density at radius 1 is 1.48 bits per heavy atom. The molecule has 4 rings (SSSR count). The number of piperazine rings is 1. The molecule has 1 saturated heterocycles. The van der Waals surface area contributed by atoms with Crippen LogP contribution in [0.5, 0.6) is 0 Å². The van der Waals surface area contributed by atoms with Gasteiger partial charge in [-0.1, -0.05) is 5.16 Å². The van der Waals surface area contributed by atoms with Crippen molar-refractivity contribution in [3.63, 3.8) is 0 Å². The lowest BCUT2D eigenvalue weighted by molar-refractivity contribution is -0.131. The number of carbonyl (C=O) groups is 1. The summed E-state index contributed by atoms with van der Waals surface area (Å²) < 4.78 is 5.36. The van der Waals surface area contributed by atoms with E-state index in [0.717, 1.165) is 16.6 Å². The number of amides is 1. The lowest BCUT2D eigenvalue weighted by Crippen LogP contribution is -2.47. The van der Waals surface area contributed by atoms with Crippen LogP contribution in [0.4, 0.5) is 0 Å². The minimum atomic E-state index is -0.122. The Bertz CT molecular complexity index is 854. The van der Waals surface area contributed by atoms with Gasteiger partial charge in [0.15, 0.2) is 5.82 Å². The molecule has 4 heterocycles. The van der Waals surface area contributed by atoms with Gasteiger partial charge in [0.05, 0.1) is 6.54 Å². The number of hydrogen-bond acceptors (Lipinski definition) is 6. The lowest BCUT2D eigenvalue weighted by Gasteiger charge is -2.28. The highest BCUT2D eigenvalue weighted by atomic mass is 16.5. The fourth-order valence-electron chi connectivity index (χ4n) is 2.76. The molecule has 0 aliphatic carbocycles. The van der Waals surface area contributed by atoms with Crippen LogP contribution < -0.4 is 5.32 Å². The zero-order valence-electron chi connectivity index (χ0n) is 12.6. The van der Waals surface area contributed by atoms with Crippen molar-refractivity contribution >= 4 is 16.9 Å². The van der Waals surface area contributed by atoms with E-state index in [2.05, 4.69) is 25.4 Å². The number of nitrogens with one attached hydrogen (secondary N) is 2. The average Bonchev–Trinajstić information content (AvgIpc) is 3.18. The number of nitrogens with zero attached hydrogens (tertiary/aromatic N) is 4. The highest BCUT2D eigenvalue weighted by molar-refractivity contribution is 5.79. The summed E-state index contributed by atoms with van der Waals surface area (Å²) in [5.74, 6) is 1.19. The number of hydrogen-bond donors (Lipinski definition) is 2. The van der Waals surface area contributed by atoms with Crippen LogP contribution in [-0.2, 0) is 11.2 Å². The number of likely N-dealkylation sites (N-methyl/N-ethyl adjacent to an activating group) is 1. The topological polar surface area (TPSA) is 99.9 Å². The van der Waals surface area contributed by atoms with Crippen LogP contribution in [0, 0.1) is 0 Å². The standard InChI is InChI=1S/C15H16N6O2/c1-21-8-11(17-7-13(21)22)15-19-12(20-23-15)5-9-6-18-14-10(9)3-2-4-16-14/h2-4,6,11,17H,5,7-8H2,1H3,(H,16,18). The van der Waals surface area contributed by atoms with E-state index in [4.69, 9.17) is 4.52 Å². The predicted octanol–water partition coefficient (Wildman–Crippen LogP) is 0.639. The van der Waals surface area contributed by atoms with Crippen LogP contribution in [0.2, 0.25) is 0 Å². The van der Waals surface area contributed by atoms with E-state index < -0.39 is 0 Å². The molecule has 1 amide bonds. The molecule has 3 aromatic rings. The molecule has 23 heavy (non-hydrogen) atoms. The molecule has 1 aliphatic rings. The zero-order chi connectivity index (χ0) is 15.8. The van der Waals surface area contributed by atoms with Crippen LogP contribution in [0.3, 0.4) is 0 Å². The Kier molecular flexibility index (Phi) is 3.30. The predicted molar refractivity (Wildman–Crippen MR) is 81.6 cm³/mol. The van der Waals surface area contributed by atoms with Gasteiger partial charge in [-0.2, -0.15) is 4.98 Å². The van der Waals surface area contributed by atoms with Crippen molar-refractivity contribution in [1.29, 1.82) is 0 Å². The summed E-state index contributed by atoms with van der Waals surface area (Å²) in [6, 6.07) is 3.79. The van der Waals surface area contributed by atoms with Crippen molar-refractivity contribution in [2.24, 2.45) is 0 Å². The van der Waals surface area contributed by atoms with Crippen molar-refractivity contribution in [2.75, 3.05) is 20.1 Å². The first-order chi connectivity index (χ1) is 11.2.